The number of rotatable bonds is 1. The molecule has 3 nitrogen and oxygen atoms in total. The van der Waals surface area contributed by atoms with Gasteiger partial charge in [-0.1, -0.05) is 13.8 Å². The SMILES string of the molecule is CC1(C)CCc2c(c(-c3ccc(O)cc3)nc3ccc4[nH]ccc4c23)C1. The van der Waals surface area contributed by atoms with E-state index in [0.717, 1.165) is 29.6 Å². The summed E-state index contributed by atoms with van der Waals surface area (Å²) in [6.07, 6.45) is 5.31. The Morgan fingerprint density at radius 2 is 1.81 bits per heavy atom. The molecule has 130 valence electrons. The number of hydrogen-bond donors (Lipinski definition) is 2. The number of aromatic amines is 1. The van der Waals surface area contributed by atoms with Crippen molar-refractivity contribution in [3.63, 3.8) is 0 Å². The molecule has 0 spiro atoms. The molecule has 0 bridgehead atoms. The first-order valence-corrected chi connectivity index (χ1v) is 9.23. The summed E-state index contributed by atoms with van der Waals surface area (Å²) in [6.45, 7) is 4.69. The Hall–Kier alpha value is -2.81. The Kier molecular flexibility index (Phi) is 3.17. The largest absolute Gasteiger partial charge is 0.508 e. The Morgan fingerprint density at radius 3 is 2.62 bits per heavy atom. The fourth-order valence-electron chi connectivity index (χ4n) is 4.37. The highest BCUT2D eigenvalue weighted by molar-refractivity contribution is 6.08. The molecule has 2 N–H and O–H groups in total. The number of hydrogen-bond acceptors (Lipinski definition) is 2. The van der Waals surface area contributed by atoms with E-state index < -0.39 is 0 Å². The van der Waals surface area contributed by atoms with Gasteiger partial charge in [0.2, 0.25) is 0 Å². The smallest absolute Gasteiger partial charge is 0.115 e. The molecular formula is C23H22N2O. The predicted molar refractivity (Wildman–Crippen MR) is 107 cm³/mol. The van der Waals surface area contributed by atoms with E-state index in [0.29, 0.717) is 0 Å². The molecular weight excluding hydrogens is 320 g/mol. The maximum Gasteiger partial charge on any atom is 0.115 e. The predicted octanol–water partition coefficient (Wildman–Crippen LogP) is 5.60. The molecule has 5 rings (SSSR count). The molecule has 0 unspecified atom stereocenters. The van der Waals surface area contributed by atoms with Gasteiger partial charge in [-0.15, -0.1) is 0 Å². The van der Waals surface area contributed by atoms with Crippen LogP contribution in [0.5, 0.6) is 5.75 Å². The minimum absolute atomic E-state index is 0.278. The zero-order chi connectivity index (χ0) is 17.9. The van der Waals surface area contributed by atoms with Crippen molar-refractivity contribution in [2.45, 2.75) is 33.1 Å². The zero-order valence-corrected chi connectivity index (χ0v) is 15.1. The molecule has 2 aromatic heterocycles. The number of aromatic nitrogens is 2. The van der Waals surface area contributed by atoms with Gasteiger partial charge in [0.1, 0.15) is 5.75 Å². The highest BCUT2D eigenvalue weighted by Gasteiger charge is 2.30. The van der Waals surface area contributed by atoms with E-state index in [4.69, 9.17) is 4.98 Å². The average Bonchev–Trinajstić information content (AvgIpc) is 3.09. The molecule has 0 amide bonds. The van der Waals surface area contributed by atoms with Crippen molar-refractivity contribution in [1.82, 2.24) is 9.97 Å². The number of phenolic OH excluding ortho intramolecular Hbond substituents is 1. The summed E-state index contributed by atoms with van der Waals surface area (Å²) in [7, 11) is 0. The van der Waals surface area contributed by atoms with Crippen molar-refractivity contribution in [1.29, 1.82) is 0 Å². The summed E-state index contributed by atoms with van der Waals surface area (Å²) < 4.78 is 0. The van der Waals surface area contributed by atoms with E-state index in [2.05, 4.69) is 37.0 Å². The van der Waals surface area contributed by atoms with Crippen LogP contribution in [0.15, 0.2) is 48.7 Å². The summed E-state index contributed by atoms with van der Waals surface area (Å²) in [6, 6.07) is 13.8. The monoisotopic (exact) mass is 342 g/mol. The van der Waals surface area contributed by atoms with Crippen LogP contribution in [0.4, 0.5) is 0 Å². The molecule has 0 radical (unpaired) electrons. The van der Waals surface area contributed by atoms with E-state index >= 15 is 0 Å². The number of aryl methyl sites for hydroxylation is 1. The number of benzene rings is 2. The van der Waals surface area contributed by atoms with Crippen molar-refractivity contribution in [3.8, 4) is 17.0 Å². The van der Waals surface area contributed by atoms with Crippen molar-refractivity contribution in [2.24, 2.45) is 5.41 Å². The van der Waals surface area contributed by atoms with Crippen LogP contribution in [0.25, 0.3) is 33.1 Å². The zero-order valence-electron chi connectivity index (χ0n) is 15.1. The van der Waals surface area contributed by atoms with E-state index in [1.807, 2.05) is 18.3 Å². The molecule has 3 heteroatoms. The Labute approximate surface area is 152 Å². The maximum atomic E-state index is 9.67. The standard InChI is InChI=1S/C23H22N2O/c1-23(2)11-9-16-18(13-23)22(14-3-5-15(26)6-4-14)25-20-8-7-19-17(21(16)20)10-12-24-19/h3-8,10,12,24,26H,9,11,13H2,1-2H3. The molecule has 0 atom stereocenters. The topological polar surface area (TPSA) is 48.9 Å². The lowest BCUT2D eigenvalue weighted by Gasteiger charge is -2.33. The third kappa shape index (κ3) is 2.31. The molecule has 0 fully saturated rings. The van der Waals surface area contributed by atoms with Crippen LogP contribution in [0.2, 0.25) is 0 Å². The Balaban J connectivity index is 1.88. The van der Waals surface area contributed by atoms with Gasteiger partial charge in [0.25, 0.3) is 0 Å². The number of fused-ring (bicyclic) bond motifs is 5. The number of pyridine rings is 1. The number of nitrogens with one attached hydrogen (secondary N) is 1. The van der Waals surface area contributed by atoms with Gasteiger partial charge in [-0.2, -0.15) is 0 Å². The van der Waals surface area contributed by atoms with Crippen LogP contribution >= 0.6 is 0 Å². The highest BCUT2D eigenvalue weighted by Crippen LogP contribution is 2.43. The average molecular weight is 342 g/mol. The highest BCUT2D eigenvalue weighted by atomic mass is 16.3. The van der Waals surface area contributed by atoms with Gasteiger partial charge in [0.05, 0.1) is 11.2 Å². The van der Waals surface area contributed by atoms with Gasteiger partial charge < -0.3 is 10.1 Å². The fourth-order valence-corrected chi connectivity index (χ4v) is 4.37. The Morgan fingerprint density at radius 1 is 1.00 bits per heavy atom. The number of phenols is 1. The molecule has 4 aromatic rings. The van der Waals surface area contributed by atoms with Gasteiger partial charge >= 0.3 is 0 Å². The molecule has 2 aromatic carbocycles. The van der Waals surface area contributed by atoms with Gasteiger partial charge in [0.15, 0.2) is 0 Å². The third-order valence-electron chi connectivity index (χ3n) is 5.74. The molecule has 0 aliphatic heterocycles. The van der Waals surface area contributed by atoms with E-state index in [9.17, 15) is 5.11 Å². The quantitative estimate of drug-likeness (QED) is 0.473. The minimum atomic E-state index is 0.278. The summed E-state index contributed by atoms with van der Waals surface area (Å²) in [5.41, 5.74) is 7.46. The maximum absolute atomic E-state index is 9.67. The first-order chi connectivity index (χ1) is 12.5. The second-order valence-electron chi connectivity index (χ2n) is 8.20. The molecule has 2 heterocycles. The van der Waals surface area contributed by atoms with Crippen molar-refractivity contribution >= 4 is 21.8 Å². The van der Waals surface area contributed by atoms with Crippen LogP contribution in [-0.4, -0.2) is 15.1 Å². The fraction of sp³-hybridized carbons (Fsp3) is 0.261. The summed E-state index contributed by atoms with van der Waals surface area (Å²) in [4.78, 5) is 8.42. The molecule has 1 aliphatic carbocycles. The van der Waals surface area contributed by atoms with Crippen LogP contribution in [0, 0.1) is 5.41 Å². The molecule has 0 saturated heterocycles. The summed E-state index contributed by atoms with van der Waals surface area (Å²) in [5, 5.41) is 12.2. The van der Waals surface area contributed by atoms with E-state index in [-0.39, 0.29) is 11.2 Å². The van der Waals surface area contributed by atoms with Crippen molar-refractivity contribution in [2.75, 3.05) is 0 Å². The number of nitrogens with zero attached hydrogens (tertiary/aromatic N) is 1. The third-order valence-corrected chi connectivity index (χ3v) is 5.74. The molecule has 1 aliphatic rings. The van der Waals surface area contributed by atoms with Gasteiger partial charge in [0, 0.05) is 28.0 Å². The van der Waals surface area contributed by atoms with Crippen LogP contribution in [0.3, 0.4) is 0 Å². The lowest BCUT2D eigenvalue weighted by atomic mass is 9.72. The summed E-state index contributed by atoms with van der Waals surface area (Å²) >= 11 is 0. The lowest BCUT2D eigenvalue weighted by Crippen LogP contribution is -2.23. The van der Waals surface area contributed by atoms with E-state index in [1.54, 1.807) is 12.1 Å². The van der Waals surface area contributed by atoms with Crippen LogP contribution < -0.4 is 0 Å². The molecule has 26 heavy (non-hydrogen) atoms. The van der Waals surface area contributed by atoms with Crippen molar-refractivity contribution < 1.29 is 5.11 Å². The second kappa shape index (κ2) is 5.34. The van der Waals surface area contributed by atoms with Gasteiger partial charge in [-0.3, -0.25) is 0 Å². The number of aromatic hydroxyl groups is 1. The van der Waals surface area contributed by atoms with E-state index in [1.165, 1.54) is 33.8 Å². The van der Waals surface area contributed by atoms with Crippen LogP contribution in [-0.2, 0) is 12.8 Å². The van der Waals surface area contributed by atoms with Gasteiger partial charge in [-0.25, -0.2) is 4.98 Å². The second-order valence-corrected chi connectivity index (χ2v) is 8.20. The summed E-state index contributed by atoms with van der Waals surface area (Å²) in [5.74, 6) is 0.290. The van der Waals surface area contributed by atoms with Crippen molar-refractivity contribution in [3.05, 3.63) is 59.8 Å². The number of H-pyrrole nitrogens is 1. The molecule has 0 saturated carbocycles. The van der Waals surface area contributed by atoms with Crippen LogP contribution in [0.1, 0.15) is 31.4 Å². The normalized spacial score (nSPS) is 16.1. The van der Waals surface area contributed by atoms with Gasteiger partial charge in [-0.05, 0) is 78.3 Å². The first-order valence-electron chi connectivity index (χ1n) is 9.23. The Bertz CT molecular complexity index is 1140. The minimum Gasteiger partial charge on any atom is -0.508 e. The first kappa shape index (κ1) is 15.4. The lowest BCUT2D eigenvalue weighted by molar-refractivity contribution is 0.316.